The van der Waals surface area contributed by atoms with E-state index in [1.54, 1.807) is 55.5 Å². The Morgan fingerprint density at radius 2 is 1.94 bits per heavy atom. The number of thiazole rings is 1. The van der Waals surface area contributed by atoms with Gasteiger partial charge in [-0.05, 0) is 31.5 Å². The van der Waals surface area contributed by atoms with Crippen molar-refractivity contribution in [3.8, 4) is 5.75 Å². The second kappa shape index (κ2) is 10.6. The number of ketones is 1. The van der Waals surface area contributed by atoms with Crippen LogP contribution in [0.4, 0.5) is 5.13 Å². The Morgan fingerprint density at radius 3 is 2.64 bits per heavy atom. The molecule has 4 rings (SSSR count). The number of ether oxygens (including phenoxy) is 2. The van der Waals surface area contributed by atoms with Crippen LogP contribution in [-0.4, -0.2) is 41.0 Å². The molecule has 1 aromatic heterocycles. The van der Waals surface area contributed by atoms with E-state index in [9.17, 15) is 19.5 Å². The number of aliphatic hydroxyl groups excluding tert-OH is 1. The fourth-order valence-corrected chi connectivity index (χ4v) is 4.90. The number of esters is 1. The third-order valence-electron chi connectivity index (χ3n) is 5.49. The van der Waals surface area contributed by atoms with Gasteiger partial charge in [-0.15, -0.1) is 0 Å². The molecule has 1 atom stereocenters. The number of aromatic nitrogens is 1. The average Bonchev–Trinajstić information content (AvgIpc) is 3.39. The maximum atomic E-state index is 13.3. The van der Waals surface area contributed by atoms with Crippen molar-refractivity contribution in [2.24, 2.45) is 0 Å². The lowest BCUT2D eigenvalue weighted by Crippen LogP contribution is -2.29. The van der Waals surface area contributed by atoms with Crippen LogP contribution in [0.5, 0.6) is 5.75 Å². The summed E-state index contributed by atoms with van der Waals surface area (Å²) in [5.41, 5.74) is 1.22. The van der Waals surface area contributed by atoms with Gasteiger partial charge in [0.15, 0.2) is 5.13 Å². The molecular weight excluding hydrogens is 480 g/mol. The van der Waals surface area contributed by atoms with Gasteiger partial charge >= 0.3 is 11.9 Å². The van der Waals surface area contributed by atoms with E-state index < -0.39 is 23.7 Å². The van der Waals surface area contributed by atoms with E-state index in [0.29, 0.717) is 29.2 Å². The quantitative estimate of drug-likeness (QED) is 0.154. The molecule has 184 valence electrons. The Balaban J connectivity index is 1.86. The zero-order valence-corrected chi connectivity index (χ0v) is 20.6. The van der Waals surface area contributed by atoms with Crippen molar-refractivity contribution in [2.45, 2.75) is 19.9 Å². The molecule has 36 heavy (non-hydrogen) atoms. The number of anilines is 1. The highest BCUT2D eigenvalue weighted by Gasteiger charge is 2.48. The van der Waals surface area contributed by atoms with Crippen molar-refractivity contribution in [3.05, 3.63) is 94.5 Å². The number of aliphatic hydroxyl groups is 1. The first-order chi connectivity index (χ1) is 17.4. The number of aryl methyl sites for hydroxylation is 1. The molecule has 9 heteroatoms. The first kappa shape index (κ1) is 24.9. The molecule has 1 unspecified atom stereocenters. The van der Waals surface area contributed by atoms with Crippen LogP contribution in [0.25, 0.3) is 5.76 Å². The van der Waals surface area contributed by atoms with Crippen LogP contribution in [0.15, 0.2) is 72.8 Å². The molecule has 2 aromatic carbocycles. The first-order valence-corrected chi connectivity index (χ1v) is 12.0. The summed E-state index contributed by atoms with van der Waals surface area (Å²) in [7, 11) is 0. The second-order valence-electron chi connectivity index (χ2n) is 7.84. The van der Waals surface area contributed by atoms with Gasteiger partial charge in [-0.25, -0.2) is 9.78 Å². The lowest BCUT2D eigenvalue weighted by atomic mass is 9.95. The number of amides is 1. The highest BCUT2D eigenvalue weighted by atomic mass is 32.1. The Kier molecular flexibility index (Phi) is 7.30. The standard InChI is InChI=1S/C27H24N2O6S/c1-4-14-35-26(33)24-16(3)28-27(36-24)29-21(17-10-7-6-8-11-17)20(23(31)25(29)32)22(30)18-12-9-13-19(15-18)34-5-2/h4,6-13,15,21,30H,1,5,14H2,2-3H3. The summed E-state index contributed by atoms with van der Waals surface area (Å²) in [6.07, 6.45) is 1.45. The molecule has 3 aromatic rings. The zero-order chi connectivity index (χ0) is 25.8. The van der Waals surface area contributed by atoms with Crippen molar-refractivity contribution in [1.29, 1.82) is 0 Å². The van der Waals surface area contributed by atoms with Gasteiger partial charge in [0.2, 0.25) is 0 Å². The average molecular weight is 505 g/mol. The number of hydrogen-bond acceptors (Lipinski definition) is 8. The van der Waals surface area contributed by atoms with Crippen LogP contribution in [0.3, 0.4) is 0 Å². The van der Waals surface area contributed by atoms with E-state index in [4.69, 9.17) is 9.47 Å². The molecule has 0 aliphatic carbocycles. The predicted octanol–water partition coefficient (Wildman–Crippen LogP) is 4.82. The summed E-state index contributed by atoms with van der Waals surface area (Å²) < 4.78 is 10.6. The molecule has 1 saturated heterocycles. The largest absolute Gasteiger partial charge is 0.507 e. The summed E-state index contributed by atoms with van der Waals surface area (Å²) in [6, 6.07) is 14.6. The summed E-state index contributed by atoms with van der Waals surface area (Å²) in [5.74, 6) is -2.12. The Hall–Kier alpha value is -4.24. The lowest BCUT2D eigenvalue weighted by Gasteiger charge is -2.23. The van der Waals surface area contributed by atoms with Crippen LogP contribution >= 0.6 is 11.3 Å². The molecule has 1 aliphatic heterocycles. The number of carbonyl (C=O) groups is 3. The van der Waals surface area contributed by atoms with E-state index in [-0.39, 0.29) is 27.9 Å². The number of carbonyl (C=O) groups excluding carboxylic acids is 3. The normalized spacial score (nSPS) is 16.7. The molecule has 1 amide bonds. The molecule has 2 heterocycles. The predicted molar refractivity (Wildman–Crippen MR) is 136 cm³/mol. The van der Waals surface area contributed by atoms with Gasteiger partial charge in [0.1, 0.15) is 23.0 Å². The Labute approximate surface area is 212 Å². The molecular formula is C27H24N2O6S. The van der Waals surface area contributed by atoms with Crippen molar-refractivity contribution in [2.75, 3.05) is 18.1 Å². The van der Waals surface area contributed by atoms with E-state index >= 15 is 0 Å². The number of benzene rings is 2. The molecule has 1 fully saturated rings. The topological polar surface area (TPSA) is 106 Å². The van der Waals surface area contributed by atoms with Crippen LogP contribution < -0.4 is 9.64 Å². The zero-order valence-electron chi connectivity index (χ0n) is 19.8. The fraction of sp³-hybridized carbons (Fsp3) is 0.185. The van der Waals surface area contributed by atoms with Gasteiger partial charge in [-0.2, -0.15) is 0 Å². The SMILES string of the molecule is C=CCOC(=O)c1sc(N2C(=O)C(=O)C(=C(O)c3cccc(OCC)c3)C2c2ccccc2)nc1C. The third-order valence-corrected chi connectivity index (χ3v) is 6.62. The van der Waals surface area contributed by atoms with Gasteiger partial charge in [0.25, 0.3) is 5.78 Å². The van der Waals surface area contributed by atoms with Gasteiger partial charge in [-0.1, -0.05) is 66.5 Å². The number of hydrogen-bond donors (Lipinski definition) is 1. The second-order valence-corrected chi connectivity index (χ2v) is 8.82. The minimum Gasteiger partial charge on any atom is -0.507 e. The minimum absolute atomic E-state index is 0.0286. The lowest BCUT2D eigenvalue weighted by molar-refractivity contribution is -0.132. The number of Topliss-reactive ketones (excluding diaryl/α,β-unsaturated/α-hetero) is 1. The molecule has 0 saturated carbocycles. The summed E-state index contributed by atoms with van der Waals surface area (Å²) in [6.45, 7) is 7.45. The maximum Gasteiger partial charge on any atom is 0.350 e. The van der Waals surface area contributed by atoms with E-state index in [1.807, 2.05) is 13.0 Å². The van der Waals surface area contributed by atoms with Gasteiger partial charge in [0.05, 0.1) is 23.9 Å². The number of nitrogens with zero attached hydrogens (tertiary/aromatic N) is 2. The highest BCUT2D eigenvalue weighted by Crippen LogP contribution is 2.44. The smallest absolute Gasteiger partial charge is 0.350 e. The van der Waals surface area contributed by atoms with Gasteiger partial charge < -0.3 is 14.6 Å². The monoisotopic (exact) mass is 504 g/mol. The number of rotatable bonds is 8. The molecule has 0 bridgehead atoms. The van der Waals surface area contributed by atoms with Gasteiger partial charge in [-0.3, -0.25) is 14.5 Å². The van der Waals surface area contributed by atoms with Crippen LogP contribution in [-0.2, 0) is 14.3 Å². The summed E-state index contributed by atoms with van der Waals surface area (Å²) in [5, 5.41) is 11.4. The van der Waals surface area contributed by atoms with Crippen LogP contribution in [0.1, 0.15) is 39.5 Å². The van der Waals surface area contributed by atoms with Crippen molar-refractivity contribution in [1.82, 2.24) is 4.98 Å². The van der Waals surface area contributed by atoms with Crippen molar-refractivity contribution < 1.29 is 29.0 Å². The first-order valence-electron chi connectivity index (χ1n) is 11.2. The van der Waals surface area contributed by atoms with Crippen molar-refractivity contribution >= 4 is 39.9 Å². The summed E-state index contributed by atoms with van der Waals surface area (Å²) in [4.78, 5) is 44.9. The maximum absolute atomic E-state index is 13.3. The van der Waals surface area contributed by atoms with E-state index in [2.05, 4.69) is 11.6 Å². The fourth-order valence-electron chi connectivity index (χ4n) is 3.91. The highest BCUT2D eigenvalue weighted by molar-refractivity contribution is 7.17. The van der Waals surface area contributed by atoms with Crippen molar-refractivity contribution in [3.63, 3.8) is 0 Å². The molecule has 1 aliphatic rings. The van der Waals surface area contributed by atoms with E-state index in [1.165, 1.54) is 11.0 Å². The van der Waals surface area contributed by atoms with Crippen LogP contribution in [0.2, 0.25) is 0 Å². The minimum atomic E-state index is -0.954. The molecule has 8 nitrogen and oxygen atoms in total. The van der Waals surface area contributed by atoms with Gasteiger partial charge in [0, 0.05) is 5.56 Å². The van der Waals surface area contributed by atoms with E-state index in [0.717, 1.165) is 11.3 Å². The Morgan fingerprint density at radius 1 is 1.19 bits per heavy atom. The molecule has 0 spiro atoms. The Bertz CT molecular complexity index is 1360. The molecule has 1 N–H and O–H groups in total. The molecule has 0 radical (unpaired) electrons. The third kappa shape index (κ3) is 4.65. The van der Waals surface area contributed by atoms with Crippen LogP contribution in [0, 0.1) is 6.92 Å². The summed E-state index contributed by atoms with van der Waals surface area (Å²) >= 11 is 0.947.